The van der Waals surface area contributed by atoms with E-state index in [9.17, 15) is 9.90 Å². The van der Waals surface area contributed by atoms with Crippen LogP contribution in [0.2, 0.25) is 0 Å². The van der Waals surface area contributed by atoms with Crippen LogP contribution in [0.4, 0.5) is 0 Å². The quantitative estimate of drug-likeness (QED) is 0.788. The third-order valence-corrected chi connectivity index (χ3v) is 5.25. The maximum absolute atomic E-state index is 11.8. The zero-order chi connectivity index (χ0) is 15.4. The van der Waals surface area contributed by atoms with Crippen molar-refractivity contribution in [1.82, 2.24) is 10.2 Å². The minimum Gasteiger partial charge on any atom is -0.393 e. The van der Waals surface area contributed by atoms with Gasteiger partial charge < -0.3 is 15.3 Å². The summed E-state index contributed by atoms with van der Waals surface area (Å²) in [7, 11) is 0. The van der Waals surface area contributed by atoms with Gasteiger partial charge in [-0.1, -0.05) is 20.3 Å². The van der Waals surface area contributed by atoms with Gasteiger partial charge in [-0.05, 0) is 50.0 Å². The van der Waals surface area contributed by atoms with E-state index in [2.05, 4.69) is 19.2 Å². The van der Waals surface area contributed by atoms with Crippen molar-refractivity contribution >= 4 is 5.91 Å². The molecule has 122 valence electrons. The van der Waals surface area contributed by atoms with Crippen LogP contribution < -0.4 is 5.32 Å². The molecule has 3 atom stereocenters. The van der Waals surface area contributed by atoms with Gasteiger partial charge in [-0.25, -0.2) is 0 Å². The van der Waals surface area contributed by atoms with Gasteiger partial charge in [-0.3, -0.25) is 4.79 Å². The lowest BCUT2D eigenvalue weighted by Crippen LogP contribution is -2.52. The number of aliphatic hydroxyl groups excluding tert-OH is 1. The van der Waals surface area contributed by atoms with E-state index in [1.807, 2.05) is 4.90 Å². The Morgan fingerprint density at radius 2 is 2.00 bits per heavy atom. The first-order valence-corrected chi connectivity index (χ1v) is 8.62. The summed E-state index contributed by atoms with van der Waals surface area (Å²) in [5.41, 5.74) is 0. The molecule has 4 heteroatoms. The van der Waals surface area contributed by atoms with Crippen LogP contribution >= 0.6 is 0 Å². The second-order valence-corrected chi connectivity index (χ2v) is 7.47. The molecule has 2 fully saturated rings. The molecule has 0 radical (unpaired) electrons. The van der Waals surface area contributed by atoms with Gasteiger partial charge in [0.2, 0.25) is 5.91 Å². The molecule has 1 aliphatic heterocycles. The van der Waals surface area contributed by atoms with Gasteiger partial charge in [0.25, 0.3) is 0 Å². The molecule has 0 spiro atoms. The molecule has 3 unspecified atom stereocenters. The molecule has 1 heterocycles. The van der Waals surface area contributed by atoms with E-state index < -0.39 is 0 Å². The van der Waals surface area contributed by atoms with Gasteiger partial charge in [-0.15, -0.1) is 0 Å². The highest BCUT2D eigenvalue weighted by molar-refractivity contribution is 5.73. The highest BCUT2D eigenvalue weighted by Crippen LogP contribution is 2.27. The van der Waals surface area contributed by atoms with Gasteiger partial charge in [0.15, 0.2) is 0 Å². The van der Waals surface area contributed by atoms with Crippen molar-refractivity contribution in [3.8, 4) is 0 Å². The fraction of sp³-hybridized carbons (Fsp3) is 0.941. The molecule has 1 amide bonds. The van der Waals surface area contributed by atoms with Crippen molar-refractivity contribution in [2.45, 2.75) is 65.0 Å². The van der Waals surface area contributed by atoms with Crippen molar-refractivity contribution in [3.05, 3.63) is 0 Å². The topological polar surface area (TPSA) is 52.6 Å². The first-order chi connectivity index (χ1) is 9.95. The molecule has 2 rings (SSSR count). The first kappa shape index (κ1) is 16.8. The highest BCUT2D eigenvalue weighted by atomic mass is 16.3. The standard InChI is InChI=1S/C17H32N2O2/c1-12(2)17(21)8-15-7-16(11-19(10-15)13(3)20)18-9-14-5-4-6-14/h12,14-18,21H,4-11H2,1-3H3. The second-order valence-electron chi connectivity index (χ2n) is 7.47. The first-order valence-electron chi connectivity index (χ1n) is 8.62. The number of carbonyl (C=O) groups excluding carboxylic acids is 1. The molecular formula is C17H32N2O2. The summed E-state index contributed by atoms with van der Waals surface area (Å²) in [5, 5.41) is 13.8. The minimum atomic E-state index is -0.255. The molecule has 0 aromatic heterocycles. The number of hydrogen-bond acceptors (Lipinski definition) is 3. The minimum absolute atomic E-state index is 0.161. The van der Waals surface area contributed by atoms with Gasteiger partial charge in [0.05, 0.1) is 6.10 Å². The monoisotopic (exact) mass is 296 g/mol. The van der Waals surface area contributed by atoms with Crippen LogP contribution in [0.1, 0.15) is 52.9 Å². The van der Waals surface area contributed by atoms with E-state index in [0.29, 0.717) is 17.9 Å². The normalized spacial score (nSPS) is 28.5. The molecular weight excluding hydrogens is 264 g/mol. The lowest BCUT2D eigenvalue weighted by molar-refractivity contribution is -0.131. The predicted octanol–water partition coefficient (Wildman–Crippen LogP) is 2.02. The molecule has 2 aliphatic rings. The van der Waals surface area contributed by atoms with Crippen molar-refractivity contribution in [2.75, 3.05) is 19.6 Å². The number of nitrogens with one attached hydrogen (secondary N) is 1. The Labute approximate surface area is 129 Å². The number of hydrogen-bond donors (Lipinski definition) is 2. The Morgan fingerprint density at radius 3 is 2.52 bits per heavy atom. The average molecular weight is 296 g/mol. The highest BCUT2D eigenvalue weighted by Gasteiger charge is 2.31. The van der Waals surface area contributed by atoms with Crippen LogP contribution in [0, 0.1) is 17.8 Å². The molecule has 0 bridgehead atoms. The molecule has 1 aliphatic carbocycles. The largest absolute Gasteiger partial charge is 0.393 e. The zero-order valence-corrected chi connectivity index (χ0v) is 13.8. The Balaban J connectivity index is 1.86. The maximum atomic E-state index is 11.8. The van der Waals surface area contributed by atoms with Crippen LogP contribution in [-0.4, -0.2) is 47.7 Å². The molecule has 0 aromatic rings. The lowest BCUT2D eigenvalue weighted by Gasteiger charge is -2.40. The van der Waals surface area contributed by atoms with Crippen molar-refractivity contribution in [3.63, 3.8) is 0 Å². The fourth-order valence-corrected chi connectivity index (χ4v) is 3.42. The van der Waals surface area contributed by atoms with E-state index in [1.165, 1.54) is 19.3 Å². The van der Waals surface area contributed by atoms with Crippen LogP contribution in [-0.2, 0) is 4.79 Å². The van der Waals surface area contributed by atoms with Crippen LogP contribution in [0.25, 0.3) is 0 Å². The number of aliphatic hydroxyl groups is 1. The average Bonchev–Trinajstić information content (AvgIpc) is 2.36. The smallest absolute Gasteiger partial charge is 0.219 e. The van der Waals surface area contributed by atoms with Crippen molar-refractivity contribution in [2.24, 2.45) is 17.8 Å². The summed E-state index contributed by atoms with van der Waals surface area (Å²) in [6.07, 6.45) is 5.72. The fourth-order valence-electron chi connectivity index (χ4n) is 3.42. The molecule has 1 saturated heterocycles. The molecule has 2 N–H and O–H groups in total. The SMILES string of the molecule is CC(=O)N1CC(CC(O)C(C)C)CC(NCC2CCC2)C1. The van der Waals surface area contributed by atoms with Crippen molar-refractivity contribution in [1.29, 1.82) is 0 Å². The Morgan fingerprint density at radius 1 is 1.29 bits per heavy atom. The van der Waals surface area contributed by atoms with E-state index in [4.69, 9.17) is 0 Å². The number of likely N-dealkylation sites (tertiary alicyclic amines) is 1. The summed E-state index contributed by atoms with van der Waals surface area (Å²) in [5.74, 6) is 1.71. The van der Waals surface area contributed by atoms with E-state index in [-0.39, 0.29) is 12.0 Å². The summed E-state index contributed by atoms with van der Waals surface area (Å²) < 4.78 is 0. The Bertz CT molecular complexity index is 342. The molecule has 1 saturated carbocycles. The van der Waals surface area contributed by atoms with Gasteiger partial charge in [0.1, 0.15) is 0 Å². The van der Waals surface area contributed by atoms with Gasteiger partial charge in [-0.2, -0.15) is 0 Å². The van der Waals surface area contributed by atoms with E-state index in [0.717, 1.165) is 38.4 Å². The maximum Gasteiger partial charge on any atom is 0.219 e. The number of amides is 1. The lowest BCUT2D eigenvalue weighted by atomic mass is 9.84. The van der Waals surface area contributed by atoms with Gasteiger partial charge in [0, 0.05) is 26.1 Å². The van der Waals surface area contributed by atoms with E-state index >= 15 is 0 Å². The predicted molar refractivity (Wildman–Crippen MR) is 85.0 cm³/mol. The molecule has 4 nitrogen and oxygen atoms in total. The van der Waals surface area contributed by atoms with Crippen LogP contribution in [0.15, 0.2) is 0 Å². The van der Waals surface area contributed by atoms with E-state index in [1.54, 1.807) is 6.92 Å². The summed E-state index contributed by atoms with van der Waals surface area (Å²) in [6, 6.07) is 0.396. The Hall–Kier alpha value is -0.610. The number of nitrogens with zero attached hydrogens (tertiary/aromatic N) is 1. The molecule has 0 aromatic carbocycles. The third kappa shape index (κ3) is 4.96. The van der Waals surface area contributed by atoms with Crippen LogP contribution in [0.3, 0.4) is 0 Å². The number of piperidine rings is 1. The second kappa shape index (κ2) is 7.59. The molecule has 21 heavy (non-hydrogen) atoms. The van der Waals surface area contributed by atoms with Crippen molar-refractivity contribution < 1.29 is 9.90 Å². The zero-order valence-electron chi connectivity index (χ0n) is 13.8. The summed E-state index contributed by atoms with van der Waals surface area (Å²) >= 11 is 0. The summed E-state index contributed by atoms with van der Waals surface area (Å²) in [4.78, 5) is 13.7. The number of carbonyl (C=O) groups is 1. The Kier molecular flexibility index (Phi) is 6.06. The van der Waals surface area contributed by atoms with Gasteiger partial charge >= 0.3 is 0 Å². The third-order valence-electron chi connectivity index (χ3n) is 5.25. The number of rotatable bonds is 6. The summed E-state index contributed by atoms with van der Waals surface area (Å²) in [6.45, 7) is 8.50. The van der Waals surface area contributed by atoms with Crippen LogP contribution in [0.5, 0.6) is 0 Å².